The van der Waals surface area contributed by atoms with Crippen molar-refractivity contribution in [1.82, 2.24) is 9.97 Å². The summed E-state index contributed by atoms with van der Waals surface area (Å²) in [6.45, 7) is 6.99. The number of hydrogen-bond donors (Lipinski definition) is 1. The second kappa shape index (κ2) is 6.02. The van der Waals surface area contributed by atoms with Crippen molar-refractivity contribution in [1.29, 1.82) is 0 Å². The fourth-order valence-electron chi connectivity index (χ4n) is 2.03. The van der Waals surface area contributed by atoms with Crippen molar-refractivity contribution in [3.8, 4) is 0 Å². The summed E-state index contributed by atoms with van der Waals surface area (Å²) < 4.78 is 0. The molecule has 0 spiro atoms. The van der Waals surface area contributed by atoms with Crippen LogP contribution in [0.3, 0.4) is 0 Å². The first-order valence-electron chi connectivity index (χ1n) is 6.37. The molecule has 0 radical (unpaired) electrons. The largest absolute Gasteiger partial charge is 0.366 e. The summed E-state index contributed by atoms with van der Waals surface area (Å²) in [5.41, 5.74) is 3.45. The quantitative estimate of drug-likeness (QED) is 0.851. The topological polar surface area (TPSA) is 37.8 Å². The lowest BCUT2D eigenvalue weighted by molar-refractivity contribution is 0.844. The van der Waals surface area contributed by atoms with Crippen LogP contribution in [0.2, 0.25) is 5.15 Å². The maximum Gasteiger partial charge on any atom is 0.138 e. The molecule has 0 aliphatic carbocycles. The third-order valence-electron chi connectivity index (χ3n) is 2.96. The van der Waals surface area contributed by atoms with Crippen LogP contribution in [0.4, 0.5) is 5.82 Å². The molecule has 100 valence electrons. The number of anilines is 1. The van der Waals surface area contributed by atoms with E-state index in [9.17, 15) is 0 Å². The summed E-state index contributed by atoms with van der Waals surface area (Å²) in [5, 5.41) is 3.87. The highest BCUT2D eigenvalue weighted by molar-refractivity contribution is 6.30. The smallest absolute Gasteiger partial charge is 0.138 e. The van der Waals surface area contributed by atoms with Gasteiger partial charge in [0.05, 0.1) is 0 Å². The summed E-state index contributed by atoms with van der Waals surface area (Å²) >= 11 is 6.14. The first-order chi connectivity index (χ1) is 9.08. The first-order valence-corrected chi connectivity index (χ1v) is 6.75. The van der Waals surface area contributed by atoms with Crippen LogP contribution in [0.5, 0.6) is 0 Å². The van der Waals surface area contributed by atoms with E-state index in [1.165, 1.54) is 17.5 Å². The highest BCUT2D eigenvalue weighted by atomic mass is 35.5. The summed E-state index contributed by atoms with van der Waals surface area (Å²) in [6, 6.07) is 8.40. The minimum atomic E-state index is 0.286. The molecule has 2 rings (SSSR count). The molecule has 0 saturated heterocycles. The van der Waals surface area contributed by atoms with Crippen molar-refractivity contribution in [2.24, 2.45) is 0 Å². The molecule has 0 bridgehead atoms. The van der Waals surface area contributed by atoms with E-state index in [2.05, 4.69) is 60.3 Å². The summed E-state index contributed by atoms with van der Waals surface area (Å²) in [4.78, 5) is 8.34. The maximum atomic E-state index is 6.14. The highest BCUT2D eigenvalue weighted by Crippen LogP contribution is 2.28. The number of nitrogens with one attached hydrogen (secondary N) is 1. The van der Waals surface area contributed by atoms with Crippen molar-refractivity contribution in [2.75, 3.05) is 5.32 Å². The molecule has 1 aromatic carbocycles. The number of halogens is 1. The molecule has 0 amide bonds. The van der Waals surface area contributed by atoms with Gasteiger partial charge in [-0.2, -0.15) is 0 Å². The van der Waals surface area contributed by atoms with E-state index >= 15 is 0 Å². The van der Waals surface area contributed by atoms with Crippen LogP contribution >= 0.6 is 11.6 Å². The van der Waals surface area contributed by atoms with E-state index in [4.69, 9.17) is 11.6 Å². The Hall–Kier alpha value is -1.61. The Morgan fingerprint density at radius 1 is 1.26 bits per heavy atom. The predicted octanol–water partition coefficient (Wildman–Crippen LogP) is 4.17. The monoisotopic (exact) mass is 275 g/mol. The normalized spacial score (nSPS) is 10.8. The molecule has 0 aliphatic heterocycles. The van der Waals surface area contributed by atoms with Crippen molar-refractivity contribution in [3.05, 3.63) is 52.4 Å². The van der Waals surface area contributed by atoms with Crippen LogP contribution in [-0.4, -0.2) is 9.97 Å². The first kappa shape index (κ1) is 13.8. The van der Waals surface area contributed by atoms with Crippen molar-refractivity contribution in [3.63, 3.8) is 0 Å². The number of hydrogen-bond acceptors (Lipinski definition) is 3. The van der Waals surface area contributed by atoms with Gasteiger partial charge in [-0.05, 0) is 18.4 Å². The van der Waals surface area contributed by atoms with E-state index < -0.39 is 0 Å². The molecule has 19 heavy (non-hydrogen) atoms. The molecule has 0 fully saturated rings. The molecule has 0 atom stereocenters. The van der Waals surface area contributed by atoms with Gasteiger partial charge in [-0.15, -0.1) is 0 Å². The zero-order valence-corrected chi connectivity index (χ0v) is 12.2. The van der Waals surface area contributed by atoms with Gasteiger partial charge in [0, 0.05) is 12.1 Å². The van der Waals surface area contributed by atoms with Gasteiger partial charge in [0.2, 0.25) is 0 Å². The zero-order valence-electron chi connectivity index (χ0n) is 11.4. The Labute approximate surface area is 119 Å². The minimum Gasteiger partial charge on any atom is -0.366 e. The fraction of sp³-hybridized carbons (Fsp3) is 0.333. The van der Waals surface area contributed by atoms with E-state index in [-0.39, 0.29) is 5.92 Å². The van der Waals surface area contributed by atoms with Crippen LogP contribution < -0.4 is 5.32 Å². The fourth-order valence-corrected chi connectivity index (χ4v) is 2.39. The summed E-state index contributed by atoms with van der Waals surface area (Å²) in [5.74, 6) is 1.10. The summed E-state index contributed by atoms with van der Waals surface area (Å²) in [7, 11) is 0. The molecule has 0 aliphatic rings. The highest BCUT2D eigenvalue weighted by Gasteiger charge is 2.13. The van der Waals surface area contributed by atoms with Gasteiger partial charge in [-0.1, -0.05) is 55.3 Å². The molecular formula is C15H18ClN3. The average Bonchev–Trinajstić information content (AvgIpc) is 2.36. The third-order valence-corrected chi connectivity index (χ3v) is 3.26. The second-order valence-electron chi connectivity index (χ2n) is 4.92. The summed E-state index contributed by atoms with van der Waals surface area (Å²) in [6.07, 6.45) is 1.49. The Kier molecular flexibility index (Phi) is 4.38. The Balaban J connectivity index is 2.18. The molecule has 1 aromatic heterocycles. The Morgan fingerprint density at radius 2 is 2.05 bits per heavy atom. The SMILES string of the molecule is Cc1cccc(CNc2ncnc(Cl)c2C(C)C)c1. The van der Waals surface area contributed by atoms with Gasteiger partial charge in [-0.25, -0.2) is 9.97 Å². The average molecular weight is 276 g/mol. The number of benzene rings is 1. The van der Waals surface area contributed by atoms with E-state index in [0.29, 0.717) is 5.15 Å². The molecule has 1 N–H and O–H groups in total. The molecule has 4 heteroatoms. The van der Waals surface area contributed by atoms with E-state index in [1.807, 2.05) is 0 Å². The lowest BCUT2D eigenvalue weighted by Gasteiger charge is -2.14. The third kappa shape index (κ3) is 3.44. The Bertz CT molecular complexity index is 567. The number of nitrogens with zero attached hydrogens (tertiary/aromatic N) is 2. The standard InChI is InChI=1S/C15H18ClN3/c1-10(2)13-14(16)18-9-19-15(13)17-8-12-6-4-5-11(3)7-12/h4-7,9-10H,8H2,1-3H3,(H,17,18,19). The van der Waals surface area contributed by atoms with Crippen LogP contribution in [0.1, 0.15) is 36.5 Å². The number of aromatic nitrogens is 2. The van der Waals surface area contributed by atoms with Gasteiger partial charge in [0.15, 0.2) is 0 Å². The van der Waals surface area contributed by atoms with Gasteiger partial charge in [0.25, 0.3) is 0 Å². The van der Waals surface area contributed by atoms with Crippen molar-refractivity contribution in [2.45, 2.75) is 33.2 Å². The molecule has 0 saturated carbocycles. The van der Waals surface area contributed by atoms with Gasteiger partial charge in [0.1, 0.15) is 17.3 Å². The minimum absolute atomic E-state index is 0.286. The van der Waals surface area contributed by atoms with E-state index in [0.717, 1.165) is 17.9 Å². The number of rotatable bonds is 4. The van der Waals surface area contributed by atoms with Crippen molar-refractivity contribution >= 4 is 17.4 Å². The molecule has 2 aromatic rings. The van der Waals surface area contributed by atoms with Crippen molar-refractivity contribution < 1.29 is 0 Å². The molecule has 3 nitrogen and oxygen atoms in total. The lowest BCUT2D eigenvalue weighted by Crippen LogP contribution is -2.07. The maximum absolute atomic E-state index is 6.14. The van der Waals surface area contributed by atoms with Crippen LogP contribution in [0, 0.1) is 6.92 Å². The van der Waals surface area contributed by atoms with Crippen LogP contribution in [0.15, 0.2) is 30.6 Å². The second-order valence-corrected chi connectivity index (χ2v) is 5.28. The predicted molar refractivity (Wildman–Crippen MR) is 79.6 cm³/mol. The lowest BCUT2D eigenvalue weighted by atomic mass is 10.1. The zero-order chi connectivity index (χ0) is 13.8. The Morgan fingerprint density at radius 3 is 2.74 bits per heavy atom. The van der Waals surface area contributed by atoms with Gasteiger partial charge in [-0.3, -0.25) is 0 Å². The molecular weight excluding hydrogens is 258 g/mol. The molecule has 1 heterocycles. The van der Waals surface area contributed by atoms with Crippen LogP contribution in [-0.2, 0) is 6.54 Å². The van der Waals surface area contributed by atoms with Crippen LogP contribution in [0.25, 0.3) is 0 Å². The van der Waals surface area contributed by atoms with Gasteiger partial charge >= 0.3 is 0 Å². The molecule has 0 unspecified atom stereocenters. The number of aryl methyl sites for hydroxylation is 1. The van der Waals surface area contributed by atoms with E-state index in [1.54, 1.807) is 0 Å². The van der Waals surface area contributed by atoms with Gasteiger partial charge < -0.3 is 5.32 Å².